The highest BCUT2D eigenvalue weighted by molar-refractivity contribution is 5.49. The van der Waals surface area contributed by atoms with Crippen LogP contribution in [0.15, 0.2) is 36.7 Å². The van der Waals surface area contributed by atoms with Crippen LogP contribution in [0.4, 0.5) is 5.69 Å². The summed E-state index contributed by atoms with van der Waals surface area (Å²) < 4.78 is 2.01. The Bertz CT molecular complexity index is 536. The topological polar surface area (TPSA) is 53.6 Å². The Kier molecular flexibility index (Phi) is 3.41. The summed E-state index contributed by atoms with van der Waals surface area (Å²) in [7, 11) is 1.98. The first-order chi connectivity index (χ1) is 8.29. The van der Waals surface area contributed by atoms with Gasteiger partial charge in [-0.15, -0.1) is 0 Å². The fourth-order valence-corrected chi connectivity index (χ4v) is 1.65. The van der Waals surface area contributed by atoms with E-state index in [2.05, 4.69) is 16.4 Å². The van der Waals surface area contributed by atoms with Gasteiger partial charge in [0, 0.05) is 38.1 Å². The molecule has 1 aromatic heterocycles. The third kappa shape index (κ3) is 2.85. The lowest BCUT2D eigenvalue weighted by Crippen LogP contribution is -2.08. The van der Waals surface area contributed by atoms with Crippen LogP contribution in [-0.4, -0.2) is 16.1 Å². The van der Waals surface area contributed by atoms with E-state index >= 15 is 0 Å². The van der Waals surface area contributed by atoms with Gasteiger partial charge in [-0.3, -0.25) is 0 Å². The Morgan fingerprint density at radius 2 is 2.35 bits per heavy atom. The van der Waals surface area contributed by atoms with E-state index in [0.29, 0.717) is 5.56 Å². The predicted molar refractivity (Wildman–Crippen MR) is 66.6 cm³/mol. The monoisotopic (exact) mass is 226 g/mol. The third-order valence-electron chi connectivity index (χ3n) is 2.59. The number of aryl methyl sites for hydroxylation is 1. The van der Waals surface area contributed by atoms with E-state index in [1.54, 1.807) is 12.3 Å². The zero-order valence-electron chi connectivity index (χ0n) is 9.72. The Balaban J connectivity index is 1.90. The van der Waals surface area contributed by atoms with Gasteiger partial charge in [-0.1, -0.05) is 6.07 Å². The van der Waals surface area contributed by atoms with Crippen LogP contribution in [-0.2, 0) is 13.5 Å². The molecule has 0 bridgehead atoms. The van der Waals surface area contributed by atoms with Crippen molar-refractivity contribution in [2.45, 2.75) is 6.42 Å². The molecule has 0 aliphatic heterocycles. The molecule has 2 rings (SSSR count). The fraction of sp³-hybridized carbons (Fsp3) is 0.231. The molecule has 0 fully saturated rings. The van der Waals surface area contributed by atoms with E-state index in [-0.39, 0.29) is 0 Å². The lowest BCUT2D eigenvalue weighted by atomic mass is 10.2. The minimum Gasteiger partial charge on any atom is -0.385 e. The highest BCUT2D eigenvalue weighted by atomic mass is 15.0. The summed E-state index contributed by atoms with van der Waals surface area (Å²) in [5.74, 6) is 1.05. The third-order valence-corrected chi connectivity index (χ3v) is 2.59. The Hall–Kier alpha value is -2.28. The van der Waals surface area contributed by atoms with Crippen molar-refractivity contribution in [2.75, 3.05) is 11.9 Å². The van der Waals surface area contributed by atoms with Crippen molar-refractivity contribution in [3.8, 4) is 6.07 Å². The lowest BCUT2D eigenvalue weighted by Gasteiger charge is -2.06. The van der Waals surface area contributed by atoms with Gasteiger partial charge in [-0.25, -0.2) is 4.98 Å². The Morgan fingerprint density at radius 3 is 3.06 bits per heavy atom. The maximum Gasteiger partial charge on any atom is 0.110 e. The van der Waals surface area contributed by atoms with Crippen molar-refractivity contribution in [2.24, 2.45) is 7.05 Å². The number of nitrogens with one attached hydrogen (secondary N) is 1. The fourth-order valence-electron chi connectivity index (χ4n) is 1.65. The molecule has 0 radical (unpaired) electrons. The zero-order chi connectivity index (χ0) is 12.1. The normalized spacial score (nSPS) is 9.88. The summed E-state index contributed by atoms with van der Waals surface area (Å²) in [6.45, 7) is 0.805. The first-order valence-corrected chi connectivity index (χ1v) is 5.50. The highest BCUT2D eigenvalue weighted by Gasteiger charge is 1.99. The number of rotatable bonds is 4. The van der Waals surface area contributed by atoms with Gasteiger partial charge in [0.15, 0.2) is 0 Å². The van der Waals surface area contributed by atoms with E-state index < -0.39 is 0 Å². The van der Waals surface area contributed by atoms with Crippen LogP contribution in [0.3, 0.4) is 0 Å². The first-order valence-electron chi connectivity index (χ1n) is 5.50. The number of aromatic nitrogens is 2. The van der Waals surface area contributed by atoms with E-state index in [0.717, 1.165) is 24.5 Å². The minimum atomic E-state index is 0.673. The van der Waals surface area contributed by atoms with E-state index in [4.69, 9.17) is 5.26 Å². The molecular formula is C13H14N4. The number of hydrogen-bond donors (Lipinski definition) is 1. The summed E-state index contributed by atoms with van der Waals surface area (Å²) in [6, 6.07) is 9.60. The van der Waals surface area contributed by atoms with Crippen molar-refractivity contribution >= 4 is 5.69 Å². The quantitative estimate of drug-likeness (QED) is 0.866. The van der Waals surface area contributed by atoms with Crippen molar-refractivity contribution in [1.29, 1.82) is 5.26 Å². The summed E-state index contributed by atoms with van der Waals surface area (Å²) >= 11 is 0. The first kappa shape index (κ1) is 11.2. The van der Waals surface area contributed by atoms with Gasteiger partial charge in [0.25, 0.3) is 0 Å². The van der Waals surface area contributed by atoms with Crippen LogP contribution in [0.25, 0.3) is 0 Å². The Morgan fingerprint density at radius 1 is 1.47 bits per heavy atom. The number of hydrogen-bond acceptors (Lipinski definition) is 3. The molecule has 0 amide bonds. The number of nitriles is 1. The zero-order valence-corrected chi connectivity index (χ0v) is 9.72. The average Bonchev–Trinajstić information content (AvgIpc) is 2.76. The minimum absolute atomic E-state index is 0.673. The summed E-state index contributed by atoms with van der Waals surface area (Å²) in [6.07, 6.45) is 4.59. The van der Waals surface area contributed by atoms with Crippen molar-refractivity contribution in [3.63, 3.8) is 0 Å². The van der Waals surface area contributed by atoms with Crippen LogP contribution in [0, 0.1) is 11.3 Å². The van der Waals surface area contributed by atoms with Crippen molar-refractivity contribution in [1.82, 2.24) is 9.55 Å². The van der Waals surface area contributed by atoms with Crippen molar-refractivity contribution in [3.05, 3.63) is 48.0 Å². The molecular weight excluding hydrogens is 212 g/mol. The number of benzene rings is 1. The second kappa shape index (κ2) is 5.17. The van der Waals surface area contributed by atoms with Crippen LogP contribution < -0.4 is 5.32 Å². The second-order valence-electron chi connectivity index (χ2n) is 3.82. The molecule has 0 aliphatic rings. The van der Waals surface area contributed by atoms with E-state index in [1.807, 2.05) is 36.0 Å². The standard InChI is InChI=1S/C13H14N4/c1-17-8-7-16-13(17)5-6-15-12-4-2-3-11(9-12)10-14/h2-4,7-9,15H,5-6H2,1H3. The molecule has 2 aromatic rings. The van der Waals surface area contributed by atoms with Gasteiger partial charge in [0.05, 0.1) is 11.6 Å². The summed E-state index contributed by atoms with van der Waals surface area (Å²) in [5.41, 5.74) is 1.64. The molecule has 1 N–H and O–H groups in total. The maximum atomic E-state index is 8.78. The number of imidazole rings is 1. The van der Waals surface area contributed by atoms with Gasteiger partial charge >= 0.3 is 0 Å². The molecule has 0 saturated heterocycles. The molecule has 0 unspecified atom stereocenters. The van der Waals surface area contributed by atoms with E-state index in [9.17, 15) is 0 Å². The molecule has 1 aromatic carbocycles. The van der Waals surface area contributed by atoms with Gasteiger partial charge in [-0.05, 0) is 18.2 Å². The molecule has 17 heavy (non-hydrogen) atoms. The largest absolute Gasteiger partial charge is 0.385 e. The van der Waals surface area contributed by atoms with Crippen molar-refractivity contribution < 1.29 is 0 Å². The van der Waals surface area contributed by atoms with E-state index in [1.165, 1.54) is 0 Å². The average molecular weight is 226 g/mol. The molecule has 4 nitrogen and oxygen atoms in total. The molecule has 0 spiro atoms. The van der Waals surface area contributed by atoms with Crippen LogP contribution in [0.2, 0.25) is 0 Å². The Labute approximate surface area is 101 Å². The maximum absolute atomic E-state index is 8.78. The number of nitrogens with zero attached hydrogens (tertiary/aromatic N) is 3. The molecule has 0 aliphatic carbocycles. The highest BCUT2D eigenvalue weighted by Crippen LogP contribution is 2.09. The molecule has 0 atom stereocenters. The van der Waals surface area contributed by atoms with Gasteiger partial charge in [0.1, 0.15) is 5.82 Å². The van der Waals surface area contributed by atoms with Gasteiger partial charge in [-0.2, -0.15) is 5.26 Å². The summed E-state index contributed by atoms with van der Waals surface area (Å²) in [5, 5.41) is 12.1. The lowest BCUT2D eigenvalue weighted by molar-refractivity contribution is 0.789. The predicted octanol–water partition coefficient (Wildman–Crippen LogP) is 1.95. The van der Waals surface area contributed by atoms with Gasteiger partial charge < -0.3 is 9.88 Å². The SMILES string of the molecule is Cn1ccnc1CCNc1cccc(C#N)c1. The molecule has 86 valence electrons. The molecule has 1 heterocycles. The van der Waals surface area contributed by atoms with Crippen LogP contribution in [0.5, 0.6) is 0 Å². The molecule has 4 heteroatoms. The molecule has 0 saturated carbocycles. The van der Waals surface area contributed by atoms with Crippen LogP contribution >= 0.6 is 0 Å². The smallest absolute Gasteiger partial charge is 0.110 e. The van der Waals surface area contributed by atoms with Gasteiger partial charge in [0.2, 0.25) is 0 Å². The van der Waals surface area contributed by atoms with Crippen LogP contribution in [0.1, 0.15) is 11.4 Å². The number of anilines is 1. The second-order valence-corrected chi connectivity index (χ2v) is 3.82. The summed E-state index contributed by atoms with van der Waals surface area (Å²) in [4.78, 5) is 4.25.